The number of benzene rings is 7. The molecule has 0 unspecified atom stereocenters. The lowest BCUT2D eigenvalue weighted by molar-refractivity contribution is -0.274. The van der Waals surface area contributed by atoms with Crippen molar-refractivity contribution in [1.82, 2.24) is 0 Å². The summed E-state index contributed by atoms with van der Waals surface area (Å²) in [6, 6.07) is 73.9. The third-order valence-corrected chi connectivity index (χ3v) is 27.9. The molecule has 11 rings (SSSR count). The Balaban J connectivity index is 0.946. The molecule has 0 saturated carbocycles. The lowest BCUT2D eigenvalue weighted by Crippen LogP contribution is -2.69. The minimum atomic E-state index is -3.12. The fraction of sp³-hybridized carbons (Fsp3) is 0.436. The maximum absolute atomic E-state index is 15.7. The molecule has 0 spiro atoms. The lowest BCUT2D eigenvalue weighted by atomic mass is 9.77. The van der Waals surface area contributed by atoms with Crippen molar-refractivity contribution < 1.29 is 42.1 Å². The molecule has 0 aromatic heterocycles. The van der Waals surface area contributed by atoms with E-state index < -0.39 is 50.8 Å². The van der Waals surface area contributed by atoms with Crippen LogP contribution in [0.1, 0.15) is 123 Å². The highest BCUT2D eigenvalue weighted by molar-refractivity contribution is 7.78. The summed E-state index contributed by atoms with van der Waals surface area (Å²) in [5.41, 5.74) is 1.58. The van der Waals surface area contributed by atoms with Gasteiger partial charge >= 0.3 is 0 Å². The summed E-state index contributed by atoms with van der Waals surface area (Å²) >= 11 is 0. The van der Waals surface area contributed by atoms with E-state index in [0.717, 1.165) is 46.6 Å². The third kappa shape index (κ3) is 14.1. The van der Waals surface area contributed by atoms with Gasteiger partial charge in [-0.1, -0.05) is 259 Å². The van der Waals surface area contributed by atoms with Crippen molar-refractivity contribution >= 4 is 36.4 Å². The highest BCUT2D eigenvalue weighted by Crippen LogP contribution is 2.50. The summed E-state index contributed by atoms with van der Waals surface area (Å²) in [7, 11) is -4.56. The number of methoxy groups -OCH3 is 1. The lowest BCUT2D eigenvalue weighted by Gasteiger charge is -2.53. The standard InChI is InChI=1S/C78H95O9PSi/c1-57-53-72(87-89(75(3,4)5,64-43-27-15-28-44-64)65-45-29-16-30-46-65)66(49-51-81-78(59-33-17-10-18-34-59,60-35-19-11-20-36-60)61-37-21-12-22-38-61)83-73-55-70-71(86-77(73,8)56-57)54-58(2)74-69(82-70)48-32-31-47-68(85-76(6,7)80-9)67(84-74)50-52-88(79,62-39-23-13-24-40-62)63-41-25-14-26-42-63/h10-46,57-58,66-74H,47-56H2,1-9H3/b32-31-/t57-,58+,66-,67+,68-,69+,70-,71+,72+,73+,74-,77-/m1/s1. The van der Waals surface area contributed by atoms with E-state index in [-0.39, 0.29) is 53.5 Å². The van der Waals surface area contributed by atoms with E-state index in [1.807, 2.05) is 74.5 Å². The minimum Gasteiger partial charge on any atom is -0.402 e. The average Bonchev–Trinajstić information content (AvgIpc) is 1.15. The molecule has 4 aliphatic rings. The Labute approximate surface area is 532 Å². The van der Waals surface area contributed by atoms with E-state index in [1.165, 1.54) is 10.4 Å². The number of fused-ring (bicyclic) bond motifs is 3. The summed E-state index contributed by atoms with van der Waals surface area (Å²) in [5, 5.41) is 3.87. The topological polar surface area (TPSA) is 90.9 Å². The van der Waals surface area contributed by atoms with Crippen LogP contribution >= 0.6 is 7.14 Å². The Hall–Kier alpha value is -5.59. The largest absolute Gasteiger partial charge is 0.402 e. The zero-order chi connectivity index (χ0) is 62.3. The van der Waals surface area contributed by atoms with Gasteiger partial charge in [-0.25, -0.2) is 0 Å². The van der Waals surface area contributed by atoms with Gasteiger partial charge < -0.3 is 42.1 Å². The van der Waals surface area contributed by atoms with Crippen molar-refractivity contribution in [2.75, 3.05) is 19.9 Å². The average molecular weight is 1240 g/mol. The molecule has 0 aliphatic carbocycles. The molecule has 3 saturated heterocycles. The van der Waals surface area contributed by atoms with E-state index in [0.29, 0.717) is 44.9 Å². The SMILES string of the molecule is COC(C)(C)O[C@@H]1C/C=C\C[C@@H]2O[C@@H]3C[C@@H]4O[C@H](CCOC(c5ccccc5)(c5ccccc5)c5ccccc5)[C@@H](O[Si](c5ccccc5)(c5ccccc5)C(C)(C)C)C[C@@H](C)C[C@@]4(C)O[C@H]3C[C@H](C)[C@H]2O[C@H]1CCP(=O)(c1ccccc1)c1ccccc1. The predicted molar refractivity (Wildman–Crippen MR) is 362 cm³/mol. The maximum Gasteiger partial charge on any atom is 0.261 e. The molecule has 9 nitrogen and oxygen atoms in total. The summed E-state index contributed by atoms with van der Waals surface area (Å²) < 4.78 is 75.4. The van der Waals surface area contributed by atoms with Crippen molar-refractivity contribution in [3.8, 4) is 0 Å². The van der Waals surface area contributed by atoms with Crippen LogP contribution in [0, 0.1) is 11.8 Å². The molecule has 4 aliphatic heterocycles. The highest BCUT2D eigenvalue weighted by atomic mass is 31.2. The van der Waals surface area contributed by atoms with Gasteiger partial charge in [0.1, 0.15) is 12.7 Å². The van der Waals surface area contributed by atoms with Crippen molar-refractivity contribution in [3.63, 3.8) is 0 Å². The number of rotatable bonds is 19. The molecule has 3 fully saturated rings. The Morgan fingerprint density at radius 2 is 1.03 bits per heavy atom. The van der Waals surface area contributed by atoms with Gasteiger partial charge in [0.15, 0.2) is 5.79 Å². The first-order valence-electron chi connectivity index (χ1n) is 32.8. The number of hydrogen-bond acceptors (Lipinski definition) is 9. The molecule has 0 amide bonds. The first kappa shape index (κ1) is 64.9. The van der Waals surface area contributed by atoms with E-state index in [9.17, 15) is 0 Å². The minimum absolute atomic E-state index is 0.0374. The molecular weight excluding hydrogens is 1140 g/mol. The second kappa shape index (κ2) is 28.1. The van der Waals surface area contributed by atoms with E-state index in [2.05, 4.69) is 205 Å². The summed E-state index contributed by atoms with van der Waals surface area (Å²) in [4.78, 5) is 0. The van der Waals surface area contributed by atoms with E-state index in [1.54, 1.807) is 7.11 Å². The molecule has 0 radical (unpaired) electrons. The van der Waals surface area contributed by atoms with Crippen LogP contribution in [-0.2, 0) is 47.8 Å². The van der Waals surface area contributed by atoms with Crippen molar-refractivity contribution in [2.45, 2.75) is 184 Å². The van der Waals surface area contributed by atoms with Crippen LogP contribution in [-0.4, -0.2) is 94.5 Å². The second-order valence-electron chi connectivity index (χ2n) is 27.3. The van der Waals surface area contributed by atoms with Crippen LogP contribution in [0.2, 0.25) is 5.04 Å². The van der Waals surface area contributed by atoms with Gasteiger partial charge in [0.05, 0.1) is 67.1 Å². The van der Waals surface area contributed by atoms with E-state index >= 15 is 4.57 Å². The molecule has 7 aromatic rings. The molecule has 89 heavy (non-hydrogen) atoms. The van der Waals surface area contributed by atoms with Gasteiger partial charge in [-0.05, 0) is 110 Å². The van der Waals surface area contributed by atoms with Gasteiger partial charge in [0.25, 0.3) is 8.32 Å². The highest BCUT2D eigenvalue weighted by Gasteiger charge is 2.57. The predicted octanol–water partition coefficient (Wildman–Crippen LogP) is 15.1. The van der Waals surface area contributed by atoms with Crippen molar-refractivity contribution in [1.29, 1.82) is 0 Å². The molecule has 4 heterocycles. The van der Waals surface area contributed by atoms with Gasteiger partial charge in [0.2, 0.25) is 0 Å². The smallest absolute Gasteiger partial charge is 0.261 e. The van der Waals surface area contributed by atoms with Crippen LogP contribution in [0.15, 0.2) is 224 Å². The fourth-order valence-electron chi connectivity index (χ4n) is 15.2. The van der Waals surface area contributed by atoms with Crippen LogP contribution in [0.25, 0.3) is 0 Å². The third-order valence-electron chi connectivity index (χ3n) is 19.6. The first-order chi connectivity index (χ1) is 42.9. The zero-order valence-corrected chi connectivity index (χ0v) is 55.8. The summed E-state index contributed by atoms with van der Waals surface area (Å²) in [6.07, 6.45) is 7.03. The molecule has 7 aromatic carbocycles. The van der Waals surface area contributed by atoms with Gasteiger partial charge in [-0.3, -0.25) is 0 Å². The van der Waals surface area contributed by atoms with Crippen LogP contribution < -0.4 is 21.0 Å². The second-order valence-corrected chi connectivity index (χ2v) is 34.6. The summed E-state index contributed by atoms with van der Waals surface area (Å²) in [6.45, 7) is 18.3. The molecule has 0 bridgehead atoms. The van der Waals surface area contributed by atoms with Gasteiger partial charge in [-0.2, -0.15) is 0 Å². The van der Waals surface area contributed by atoms with Crippen LogP contribution in [0.4, 0.5) is 0 Å². The quantitative estimate of drug-likeness (QED) is 0.0258. The van der Waals surface area contributed by atoms with Crippen LogP contribution in [0.3, 0.4) is 0 Å². The Morgan fingerprint density at radius 3 is 1.54 bits per heavy atom. The molecular formula is C78H95O9PSi. The molecule has 11 heteroatoms. The molecule has 12 atom stereocenters. The number of ether oxygens (including phenoxy) is 7. The Morgan fingerprint density at radius 1 is 0.551 bits per heavy atom. The molecule has 0 N–H and O–H groups in total. The normalized spacial score (nSPS) is 27.6. The maximum atomic E-state index is 15.7. The van der Waals surface area contributed by atoms with Crippen LogP contribution in [0.5, 0.6) is 0 Å². The Bertz CT molecular complexity index is 3210. The zero-order valence-electron chi connectivity index (χ0n) is 53.9. The Kier molecular flexibility index (Phi) is 20.5. The van der Waals surface area contributed by atoms with Gasteiger partial charge in [0, 0.05) is 30.3 Å². The van der Waals surface area contributed by atoms with E-state index in [4.69, 9.17) is 37.6 Å². The summed E-state index contributed by atoms with van der Waals surface area (Å²) in [5.74, 6) is -0.664. The van der Waals surface area contributed by atoms with Crippen molar-refractivity contribution in [3.05, 3.63) is 241 Å². The number of hydrogen-bond donors (Lipinski definition) is 0. The van der Waals surface area contributed by atoms with Gasteiger partial charge in [-0.15, -0.1) is 0 Å². The van der Waals surface area contributed by atoms with Crippen molar-refractivity contribution in [2.24, 2.45) is 11.8 Å². The first-order valence-corrected chi connectivity index (χ1v) is 36.6. The monoisotopic (exact) mass is 1230 g/mol. The fourth-order valence-corrected chi connectivity index (χ4v) is 22.6. The molecule has 470 valence electrons.